The molecule has 0 aliphatic carbocycles. The Balaban J connectivity index is 2.60. The molecule has 0 aliphatic heterocycles. The highest BCUT2D eigenvalue weighted by atomic mass is 16.5. The van der Waals surface area contributed by atoms with Crippen molar-refractivity contribution in [1.82, 2.24) is 9.78 Å². The van der Waals surface area contributed by atoms with Crippen molar-refractivity contribution >= 4 is 5.97 Å². The van der Waals surface area contributed by atoms with Gasteiger partial charge >= 0.3 is 5.97 Å². The maximum Gasteiger partial charge on any atom is 0.309 e. The number of aromatic nitrogens is 2. The Kier molecular flexibility index (Phi) is 3.80. The van der Waals surface area contributed by atoms with Gasteiger partial charge in [0.05, 0.1) is 17.7 Å². The summed E-state index contributed by atoms with van der Waals surface area (Å²) < 4.78 is 7.38. The van der Waals surface area contributed by atoms with Gasteiger partial charge in [-0.15, -0.1) is 0 Å². The second-order valence-corrected chi connectivity index (χ2v) is 4.91. The van der Waals surface area contributed by atoms with Crippen LogP contribution in [0.1, 0.15) is 31.7 Å². The third kappa shape index (κ3) is 2.99. The van der Waals surface area contributed by atoms with Crippen LogP contribution in [0.2, 0.25) is 0 Å². The minimum absolute atomic E-state index is 0.382. The van der Waals surface area contributed by atoms with Crippen LogP contribution in [0.4, 0.5) is 0 Å². The number of hydrogen-bond donors (Lipinski definition) is 1. The average molecular weight is 240 g/mol. The molecule has 5 heteroatoms. The molecule has 0 radical (unpaired) electrons. The Morgan fingerprint density at radius 1 is 1.47 bits per heavy atom. The second-order valence-electron chi connectivity index (χ2n) is 4.91. The third-order valence-electron chi connectivity index (χ3n) is 3.00. The molecule has 0 aromatic carbocycles. The maximum absolute atomic E-state index is 10.9. The average Bonchev–Trinajstić information content (AvgIpc) is 2.44. The number of carbonyl (C=O) groups is 1. The van der Waals surface area contributed by atoms with E-state index in [1.54, 1.807) is 18.5 Å². The van der Waals surface area contributed by atoms with Crippen molar-refractivity contribution < 1.29 is 14.6 Å². The maximum atomic E-state index is 10.9. The van der Waals surface area contributed by atoms with Crippen molar-refractivity contribution in [3.05, 3.63) is 11.4 Å². The smallest absolute Gasteiger partial charge is 0.309 e. The number of aryl methyl sites for hydroxylation is 2. The van der Waals surface area contributed by atoms with Gasteiger partial charge in [0.15, 0.2) is 5.75 Å². The molecule has 0 atom stereocenters. The van der Waals surface area contributed by atoms with E-state index >= 15 is 0 Å². The van der Waals surface area contributed by atoms with Crippen LogP contribution in [-0.2, 0) is 11.8 Å². The molecule has 0 bridgehead atoms. The lowest BCUT2D eigenvalue weighted by molar-refractivity contribution is -0.147. The first-order chi connectivity index (χ1) is 7.75. The van der Waals surface area contributed by atoms with E-state index in [2.05, 4.69) is 5.10 Å². The number of nitrogens with zero attached hydrogens (tertiary/aromatic N) is 2. The van der Waals surface area contributed by atoms with Crippen LogP contribution in [0.3, 0.4) is 0 Å². The van der Waals surface area contributed by atoms with E-state index in [1.807, 2.05) is 20.9 Å². The topological polar surface area (TPSA) is 64.4 Å². The first-order valence-electron chi connectivity index (χ1n) is 5.62. The van der Waals surface area contributed by atoms with Crippen LogP contribution in [0.25, 0.3) is 0 Å². The van der Waals surface area contributed by atoms with Crippen LogP contribution in [0.15, 0.2) is 0 Å². The van der Waals surface area contributed by atoms with Crippen molar-refractivity contribution in [2.45, 2.75) is 34.1 Å². The zero-order valence-corrected chi connectivity index (χ0v) is 11.1. The van der Waals surface area contributed by atoms with Crippen molar-refractivity contribution in [1.29, 1.82) is 0 Å². The van der Waals surface area contributed by atoms with E-state index in [0.29, 0.717) is 13.0 Å². The lowest BCUT2D eigenvalue weighted by Crippen LogP contribution is -2.26. The first kappa shape index (κ1) is 13.5. The van der Waals surface area contributed by atoms with Gasteiger partial charge in [0.25, 0.3) is 0 Å². The summed E-state index contributed by atoms with van der Waals surface area (Å²) in [5, 5.41) is 13.2. The molecule has 1 aromatic rings. The number of hydrogen-bond acceptors (Lipinski definition) is 3. The van der Waals surface area contributed by atoms with Gasteiger partial charge in [0.1, 0.15) is 5.69 Å². The minimum atomic E-state index is -0.805. The first-order valence-corrected chi connectivity index (χ1v) is 5.62. The van der Waals surface area contributed by atoms with Gasteiger partial charge in [-0.05, 0) is 34.1 Å². The molecule has 0 spiro atoms. The summed E-state index contributed by atoms with van der Waals surface area (Å²) in [6.07, 6.45) is 0.468. The fourth-order valence-corrected chi connectivity index (χ4v) is 1.48. The third-order valence-corrected chi connectivity index (χ3v) is 3.00. The zero-order valence-electron chi connectivity index (χ0n) is 11.1. The molecule has 0 amide bonds. The second kappa shape index (κ2) is 4.77. The highest BCUT2D eigenvalue weighted by Crippen LogP contribution is 2.24. The van der Waals surface area contributed by atoms with Crippen molar-refractivity contribution in [2.24, 2.45) is 12.5 Å². The van der Waals surface area contributed by atoms with Gasteiger partial charge in [0.2, 0.25) is 0 Å². The van der Waals surface area contributed by atoms with Gasteiger partial charge < -0.3 is 9.84 Å². The number of ether oxygens (including phenoxy) is 1. The van der Waals surface area contributed by atoms with E-state index < -0.39 is 11.4 Å². The molecular weight excluding hydrogens is 220 g/mol. The summed E-state index contributed by atoms with van der Waals surface area (Å²) >= 11 is 0. The SMILES string of the molecule is Cc1nn(C)c(C)c1OCCC(C)(C)C(=O)O. The van der Waals surface area contributed by atoms with Crippen LogP contribution >= 0.6 is 0 Å². The van der Waals surface area contributed by atoms with Gasteiger partial charge in [-0.2, -0.15) is 5.10 Å². The minimum Gasteiger partial charge on any atom is -0.490 e. The number of rotatable bonds is 5. The Bertz CT molecular complexity index is 422. The summed E-state index contributed by atoms with van der Waals surface area (Å²) in [6.45, 7) is 7.58. The molecule has 1 N–H and O–H groups in total. The quantitative estimate of drug-likeness (QED) is 0.854. The lowest BCUT2D eigenvalue weighted by atomic mass is 9.90. The normalized spacial score (nSPS) is 11.6. The molecule has 1 heterocycles. The number of carboxylic acid groups (broad SMARTS) is 1. The molecule has 5 nitrogen and oxygen atoms in total. The lowest BCUT2D eigenvalue weighted by Gasteiger charge is -2.18. The highest BCUT2D eigenvalue weighted by molar-refractivity contribution is 5.73. The van der Waals surface area contributed by atoms with Gasteiger partial charge in [-0.3, -0.25) is 9.48 Å². The van der Waals surface area contributed by atoms with Crippen LogP contribution < -0.4 is 4.74 Å². The largest absolute Gasteiger partial charge is 0.490 e. The zero-order chi connectivity index (χ0) is 13.2. The standard InChI is InChI=1S/C12H20N2O3/c1-8-10(9(2)14(5)13-8)17-7-6-12(3,4)11(15)16/h6-7H2,1-5H3,(H,15,16). The molecule has 0 aliphatic rings. The van der Waals surface area contributed by atoms with Crippen LogP contribution in [0, 0.1) is 19.3 Å². The summed E-state index contributed by atoms with van der Waals surface area (Å²) in [5.41, 5.74) is 1.03. The molecule has 96 valence electrons. The Hall–Kier alpha value is -1.52. The Labute approximate surface area is 101 Å². The van der Waals surface area contributed by atoms with Crippen molar-refractivity contribution in [3.8, 4) is 5.75 Å². The summed E-state index contributed by atoms with van der Waals surface area (Å²) in [6, 6.07) is 0. The molecule has 0 saturated heterocycles. The van der Waals surface area contributed by atoms with Gasteiger partial charge in [-0.1, -0.05) is 0 Å². The fourth-order valence-electron chi connectivity index (χ4n) is 1.48. The van der Waals surface area contributed by atoms with Gasteiger partial charge in [-0.25, -0.2) is 0 Å². The predicted octanol–water partition coefficient (Wildman–Crippen LogP) is 1.92. The molecule has 0 saturated carbocycles. The predicted molar refractivity (Wildman–Crippen MR) is 64.2 cm³/mol. The number of aliphatic carboxylic acids is 1. The molecule has 0 unspecified atom stereocenters. The monoisotopic (exact) mass is 240 g/mol. The molecular formula is C12H20N2O3. The molecule has 17 heavy (non-hydrogen) atoms. The van der Waals surface area contributed by atoms with E-state index in [1.165, 1.54) is 0 Å². The highest BCUT2D eigenvalue weighted by Gasteiger charge is 2.27. The van der Waals surface area contributed by atoms with Crippen LogP contribution in [-0.4, -0.2) is 27.5 Å². The number of carboxylic acids is 1. The molecule has 1 aromatic heterocycles. The summed E-state index contributed by atoms with van der Waals surface area (Å²) in [7, 11) is 1.86. The van der Waals surface area contributed by atoms with Crippen molar-refractivity contribution in [2.75, 3.05) is 6.61 Å². The van der Waals surface area contributed by atoms with E-state index in [-0.39, 0.29) is 0 Å². The Morgan fingerprint density at radius 2 is 2.06 bits per heavy atom. The Morgan fingerprint density at radius 3 is 2.47 bits per heavy atom. The fraction of sp³-hybridized carbons (Fsp3) is 0.667. The summed E-state index contributed by atoms with van der Waals surface area (Å²) in [5.74, 6) is -0.0468. The summed E-state index contributed by atoms with van der Waals surface area (Å²) in [4.78, 5) is 10.9. The van der Waals surface area contributed by atoms with E-state index in [4.69, 9.17) is 9.84 Å². The van der Waals surface area contributed by atoms with Crippen molar-refractivity contribution in [3.63, 3.8) is 0 Å². The van der Waals surface area contributed by atoms with E-state index in [9.17, 15) is 4.79 Å². The molecule has 0 fully saturated rings. The molecule has 1 rings (SSSR count). The van der Waals surface area contributed by atoms with E-state index in [0.717, 1.165) is 17.1 Å². The van der Waals surface area contributed by atoms with Gasteiger partial charge in [0, 0.05) is 7.05 Å². The van der Waals surface area contributed by atoms with Crippen LogP contribution in [0.5, 0.6) is 5.75 Å².